The van der Waals surface area contributed by atoms with Crippen LogP contribution in [0.4, 0.5) is 0 Å². The average Bonchev–Trinajstić information content (AvgIpc) is 2.74. The minimum Gasteiger partial charge on any atom is -0.472 e. The average molecular weight is 259 g/mol. The molecular formula is C14H13NO4. The van der Waals surface area contributed by atoms with Gasteiger partial charge in [0.05, 0.1) is 19.0 Å². The van der Waals surface area contributed by atoms with Crippen molar-refractivity contribution in [3.8, 4) is 0 Å². The number of benzene rings is 1. The SMILES string of the molecule is O=C(C=C1CN2C(=O)CC2O1)OCc1ccccc1. The number of β-lactam (4-membered cyclic amide) rings is 1. The fraction of sp³-hybridized carbons (Fsp3) is 0.286. The summed E-state index contributed by atoms with van der Waals surface area (Å²) in [5.41, 5.74) is 0.931. The van der Waals surface area contributed by atoms with Crippen LogP contribution >= 0.6 is 0 Å². The quantitative estimate of drug-likeness (QED) is 0.465. The van der Waals surface area contributed by atoms with Crippen molar-refractivity contribution in [3.63, 3.8) is 0 Å². The van der Waals surface area contributed by atoms with Gasteiger partial charge in [-0.2, -0.15) is 0 Å². The Labute approximate surface area is 110 Å². The highest BCUT2D eigenvalue weighted by Crippen LogP contribution is 2.30. The molecule has 19 heavy (non-hydrogen) atoms. The molecule has 0 bridgehead atoms. The molecule has 3 rings (SSSR count). The first-order chi connectivity index (χ1) is 9.22. The molecule has 0 aliphatic carbocycles. The minimum absolute atomic E-state index is 0.0612. The first-order valence-corrected chi connectivity index (χ1v) is 6.10. The molecule has 2 fully saturated rings. The number of fused-ring (bicyclic) bond motifs is 1. The summed E-state index contributed by atoms with van der Waals surface area (Å²) in [6.07, 6.45) is 1.53. The third kappa shape index (κ3) is 2.45. The molecular weight excluding hydrogens is 246 g/mol. The van der Waals surface area contributed by atoms with Gasteiger partial charge < -0.3 is 9.47 Å². The van der Waals surface area contributed by atoms with Crippen molar-refractivity contribution in [2.75, 3.05) is 6.54 Å². The fourth-order valence-electron chi connectivity index (χ4n) is 2.08. The van der Waals surface area contributed by atoms with Crippen molar-refractivity contribution < 1.29 is 19.1 Å². The summed E-state index contributed by atoms with van der Waals surface area (Å²) in [6, 6.07) is 9.45. The van der Waals surface area contributed by atoms with Gasteiger partial charge in [0.2, 0.25) is 5.91 Å². The maximum Gasteiger partial charge on any atom is 0.334 e. The molecule has 0 aromatic heterocycles. The predicted octanol–water partition coefficient (Wildman–Crippen LogP) is 1.20. The Bertz CT molecular complexity index is 538. The number of ether oxygens (including phenoxy) is 2. The normalized spacial score (nSPS) is 22.7. The molecule has 2 aliphatic rings. The summed E-state index contributed by atoms with van der Waals surface area (Å²) in [6.45, 7) is 0.597. The molecule has 0 radical (unpaired) electrons. The van der Waals surface area contributed by atoms with E-state index in [0.717, 1.165) is 5.56 Å². The van der Waals surface area contributed by atoms with Crippen LogP contribution in [0.3, 0.4) is 0 Å². The van der Waals surface area contributed by atoms with Crippen LogP contribution in [-0.4, -0.2) is 29.5 Å². The summed E-state index contributed by atoms with van der Waals surface area (Å²) in [7, 11) is 0. The van der Waals surface area contributed by atoms with Gasteiger partial charge in [0.25, 0.3) is 0 Å². The Kier molecular flexibility index (Phi) is 2.95. The summed E-state index contributed by atoms with van der Waals surface area (Å²) in [5, 5.41) is 0. The van der Waals surface area contributed by atoms with Crippen molar-refractivity contribution in [1.29, 1.82) is 0 Å². The number of esters is 1. The number of hydrogen-bond donors (Lipinski definition) is 0. The van der Waals surface area contributed by atoms with Gasteiger partial charge in [-0.05, 0) is 5.56 Å². The maximum atomic E-state index is 11.6. The van der Waals surface area contributed by atoms with Crippen molar-refractivity contribution in [3.05, 3.63) is 47.7 Å². The van der Waals surface area contributed by atoms with E-state index >= 15 is 0 Å². The van der Waals surface area contributed by atoms with Crippen LogP contribution < -0.4 is 0 Å². The van der Waals surface area contributed by atoms with E-state index in [-0.39, 0.29) is 18.7 Å². The number of nitrogens with zero attached hydrogens (tertiary/aromatic N) is 1. The lowest BCUT2D eigenvalue weighted by Crippen LogP contribution is -2.48. The summed E-state index contributed by atoms with van der Waals surface area (Å²) < 4.78 is 10.5. The van der Waals surface area contributed by atoms with Gasteiger partial charge in [0.15, 0.2) is 6.23 Å². The van der Waals surface area contributed by atoms with Gasteiger partial charge in [-0.25, -0.2) is 4.79 Å². The van der Waals surface area contributed by atoms with Crippen LogP contribution in [0.25, 0.3) is 0 Å². The van der Waals surface area contributed by atoms with Crippen LogP contribution in [-0.2, 0) is 25.7 Å². The summed E-state index contributed by atoms with van der Waals surface area (Å²) in [5.74, 6) is 0.105. The molecule has 0 saturated carbocycles. The molecule has 2 saturated heterocycles. The molecule has 0 N–H and O–H groups in total. The molecule has 1 unspecified atom stereocenters. The molecule has 5 nitrogen and oxygen atoms in total. The second kappa shape index (κ2) is 4.76. The van der Waals surface area contributed by atoms with Crippen molar-refractivity contribution >= 4 is 11.9 Å². The third-order valence-corrected chi connectivity index (χ3v) is 3.13. The fourth-order valence-corrected chi connectivity index (χ4v) is 2.08. The molecule has 1 aromatic rings. The van der Waals surface area contributed by atoms with Gasteiger partial charge in [0.1, 0.15) is 12.4 Å². The number of rotatable bonds is 3. The molecule has 2 aliphatic heterocycles. The number of carbonyl (C=O) groups excluding carboxylic acids is 2. The molecule has 1 amide bonds. The van der Waals surface area contributed by atoms with E-state index in [9.17, 15) is 9.59 Å². The first kappa shape index (κ1) is 11.8. The van der Waals surface area contributed by atoms with E-state index < -0.39 is 5.97 Å². The zero-order chi connectivity index (χ0) is 13.2. The summed E-state index contributed by atoms with van der Waals surface area (Å²) in [4.78, 5) is 24.4. The molecule has 0 spiro atoms. The lowest BCUT2D eigenvalue weighted by molar-refractivity contribution is -0.154. The van der Waals surface area contributed by atoms with Crippen molar-refractivity contribution in [2.45, 2.75) is 19.3 Å². The lowest BCUT2D eigenvalue weighted by Gasteiger charge is -2.30. The summed E-state index contributed by atoms with van der Waals surface area (Å²) >= 11 is 0. The van der Waals surface area contributed by atoms with E-state index in [4.69, 9.17) is 9.47 Å². The lowest BCUT2D eigenvalue weighted by atomic mass is 10.2. The minimum atomic E-state index is -0.450. The van der Waals surface area contributed by atoms with Gasteiger partial charge in [0, 0.05) is 0 Å². The maximum absolute atomic E-state index is 11.6. The Morgan fingerprint density at radius 2 is 2.21 bits per heavy atom. The highest BCUT2D eigenvalue weighted by atomic mass is 16.5. The van der Waals surface area contributed by atoms with Crippen LogP contribution in [0.2, 0.25) is 0 Å². The monoisotopic (exact) mass is 259 g/mol. The Morgan fingerprint density at radius 3 is 2.89 bits per heavy atom. The Morgan fingerprint density at radius 1 is 1.42 bits per heavy atom. The second-order valence-corrected chi connectivity index (χ2v) is 4.50. The Balaban J connectivity index is 1.53. The van der Waals surface area contributed by atoms with Crippen molar-refractivity contribution in [2.24, 2.45) is 0 Å². The van der Waals surface area contributed by atoms with Crippen molar-refractivity contribution in [1.82, 2.24) is 4.90 Å². The zero-order valence-electron chi connectivity index (χ0n) is 10.2. The van der Waals surface area contributed by atoms with E-state index in [1.807, 2.05) is 30.3 Å². The molecule has 2 heterocycles. The smallest absolute Gasteiger partial charge is 0.334 e. The van der Waals surface area contributed by atoms with Gasteiger partial charge in [-0.3, -0.25) is 9.69 Å². The van der Waals surface area contributed by atoms with Crippen LogP contribution in [0.5, 0.6) is 0 Å². The van der Waals surface area contributed by atoms with E-state index in [0.29, 0.717) is 18.7 Å². The Hall–Kier alpha value is -2.30. The zero-order valence-corrected chi connectivity index (χ0v) is 10.2. The number of amides is 1. The third-order valence-electron chi connectivity index (χ3n) is 3.13. The van der Waals surface area contributed by atoms with Gasteiger partial charge >= 0.3 is 5.97 Å². The second-order valence-electron chi connectivity index (χ2n) is 4.50. The van der Waals surface area contributed by atoms with Crippen LogP contribution in [0.15, 0.2) is 42.2 Å². The predicted molar refractivity (Wildman–Crippen MR) is 65.5 cm³/mol. The van der Waals surface area contributed by atoms with Crippen LogP contribution in [0.1, 0.15) is 12.0 Å². The number of carbonyl (C=O) groups is 2. The molecule has 98 valence electrons. The van der Waals surface area contributed by atoms with Gasteiger partial charge in [-0.1, -0.05) is 30.3 Å². The highest BCUT2D eigenvalue weighted by molar-refractivity contribution is 5.85. The largest absolute Gasteiger partial charge is 0.472 e. The molecule has 5 heteroatoms. The molecule has 1 aromatic carbocycles. The molecule has 1 atom stereocenters. The first-order valence-electron chi connectivity index (χ1n) is 6.10. The van der Waals surface area contributed by atoms with E-state index in [2.05, 4.69) is 0 Å². The topological polar surface area (TPSA) is 55.8 Å². The van der Waals surface area contributed by atoms with Crippen LogP contribution in [0, 0.1) is 0 Å². The van der Waals surface area contributed by atoms with E-state index in [1.54, 1.807) is 4.90 Å². The highest BCUT2D eigenvalue weighted by Gasteiger charge is 2.43. The van der Waals surface area contributed by atoms with Gasteiger partial charge in [-0.15, -0.1) is 0 Å². The number of hydrogen-bond acceptors (Lipinski definition) is 4. The standard InChI is InChI=1S/C14H13NO4/c16-12-7-13-15(12)8-11(19-13)6-14(17)18-9-10-4-2-1-3-5-10/h1-6,13H,7-9H2. The van der Waals surface area contributed by atoms with E-state index in [1.165, 1.54) is 6.08 Å².